The number of nitrogens with one attached hydrogen (secondary N) is 1. The van der Waals surface area contributed by atoms with Crippen molar-refractivity contribution in [1.29, 1.82) is 0 Å². The Labute approximate surface area is 159 Å². The number of esters is 1. The molecule has 1 aromatic rings. The van der Waals surface area contributed by atoms with Crippen LogP contribution in [0.1, 0.15) is 25.7 Å². The van der Waals surface area contributed by atoms with Gasteiger partial charge in [0, 0.05) is 5.02 Å². The van der Waals surface area contributed by atoms with Crippen LogP contribution in [0.3, 0.4) is 0 Å². The minimum atomic E-state index is -0.878. The molecule has 1 heterocycles. The number of anilines is 1. The minimum Gasteiger partial charge on any atom is -0.454 e. The zero-order valence-corrected chi connectivity index (χ0v) is 15.1. The number of halogens is 2. The lowest BCUT2D eigenvalue weighted by Crippen LogP contribution is -2.37. The van der Waals surface area contributed by atoms with Crippen molar-refractivity contribution in [2.75, 3.05) is 18.5 Å². The third kappa shape index (κ3) is 4.27. The van der Waals surface area contributed by atoms with E-state index < -0.39 is 30.8 Å². The summed E-state index contributed by atoms with van der Waals surface area (Å²) in [5.41, 5.74) is -0.141. The summed E-state index contributed by atoms with van der Waals surface area (Å²) in [6.45, 7) is -1.20. The van der Waals surface area contributed by atoms with Crippen LogP contribution in [0.15, 0.2) is 18.2 Å². The Morgan fingerprint density at radius 2 is 1.81 bits per heavy atom. The van der Waals surface area contributed by atoms with Crippen LogP contribution in [0.2, 0.25) is 5.02 Å². The number of carbonyl (C=O) groups excluding carboxylic acids is 4. The van der Waals surface area contributed by atoms with Gasteiger partial charge in [0.2, 0.25) is 11.8 Å². The van der Waals surface area contributed by atoms with Gasteiger partial charge in [-0.25, -0.2) is 4.39 Å². The summed E-state index contributed by atoms with van der Waals surface area (Å²) < 4.78 is 18.4. The Kier molecular flexibility index (Phi) is 5.74. The van der Waals surface area contributed by atoms with Crippen molar-refractivity contribution in [2.45, 2.75) is 25.7 Å². The van der Waals surface area contributed by atoms with Crippen LogP contribution in [0, 0.1) is 17.7 Å². The Balaban J connectivity index is 1.51. The lowest BCUT2D eigenvalue weighted by Gasteiger charge is -2.19. The predicted molar refractivity (Wildman–Crippen MR) is 93.2 cm³/mol. The molecule has 2 atom stereocenters. The van der Waals surface area contributed by atoms with Gasteiger partial charge in [0.05, 0.1) is 17.5 Å². The second-order valence-corrected chi connectivity index (χ2v) is 7.03. The number of rotatable bonds is 5. The monoisotopic (exact) mass is 396 g/mol. The molecular weight excluding hydrogens is 379 g/mol. The predicted octanol–water partition coefficient (Wildman–Crippen LogP) is 2.14. The maximum atomic E-state index is 13.6. The maximum Gasteiger partial charge on any atom is 0.326 e. The van der Waals surface area contributed by atoms with Crippen molar-refractivity contribution in [2.24, 2.45) is 11.8 Å². The van der Waals surface area contributed by atoms with E-state index in [9.17, 15) is 23.6 Å². The van der Waals surface area contributed by atoms with Crippen LogP contribution in [0.4, 0.5) is 10.1 Å². The van der Waals surface area contributed by atoms with Gasteiger partial charge in [-0.15, -0.1) is 0 Å². The van der Waals surface area contributed by atoms with E-state index in [0.717, 1.165) is 23.8 Å². The van der Waals surface area contributed by atoms with Gasteiger partial charge in [-0.05, 0) is 31.0 Å². The molecule has 3 rings (SSSR count). The molecule has 1 aliphatic heterocycles. The molecule has 2 fully saturated rings. The van der Waals surface area contributed by atoms with Crippen molar-refractivity contribution in [3.05, 3.63) is 29.0 Å². The van der Waals surface area contributed by atoms with E-state index in [1.54, 1.807) is 0 Å². The largest absolute Gasteiger partial charge is 0.454 e. The summed E-state index contributed by atoms with van der Waals surface area (Å²) >= 11 is 5.73. The van der Waals surface area contributed by atoms with Crippen LogP contribution in [0.25, 0.3) is 0 Å². The minimum absolute atomic E-state index is 0.141. The highest BCUT2D eigenvalue weighted by Crippen LogP contribution is 2.37. The summed E-state index contributed by atoms with van der Waals surface area (Å²) in [7, 11) is 0. The molecule has 0 unspecified atom stereocenters. The number of amides is 3. The van der Waals surface area contributed by atoms with Gasteiger partial charge in [0.1, 0.15) is 12.4 Å². The molecule has 1 N–H and O–H groups in total. The molecule has 27 heavy (non-hydrogen) atoms. The van der Waals surface area contributed by atoms with Crippen LogP contribution >= 0.6 is 11.6 Å². The average molecular weight is 397 g/mol. The molecule has 9 heteroatoms. The topological polar surface area (TPSA) is 92.8 Å². The Morgan fingerprint density at radius 1 is 1.19 bits per heavy atom. The fraction of sp³-hybridized carbons (Fsp3) is 0.444. The highest BCUT2D eigenvalue weighted by atomic mass is 35.5. The van der Waals surface area contributed by atoms with Crippen molar-refractivity contribution in [1.82, 2.24) is 4.90 Å². The first kappa shape index (κ1) is 19.3. The number of hydrogen-bond acceptors (Lipinski definition) is 5. The standard InChI is InChI=1S/C18H18ClFN2O5/c19-10-5-6-13(20)14(7-10)21-15(23)9-27-16(24)8-22-17(25)11-3-1-2-4-12(11)18(22)26/h5-7,11-12H,1-4,8-9H2,(H,21,23)/t11-,12+. The summed E-state index contributed by atoms with van der Waals surface area (Å²) in [5.74, 6) is -3.75. The van der Waals surface area contributed by atoms with Gasteiger partial charge in [-0.1, -0.05) is 24.4 Å². The second-order valence-electron chi connectivity index (χ2n) is 6.59. The number of hydrogen-bond donors (Lipinski definition) is 1. The number of imide groups is 1. The molecule has 0 aromatic heterocycles. The molecule has 0 spiro atoms. The lowest BCUT2D eigenvalue weighted by molar-refractivity contribution is -0.154. The highest BCUT2D eigenvalue weighted by molar-refractivity contribution is 6.30. The summed E-state index contributed by atoms with van der Waals surface area (Å²) in [4.78, 5) is 49.2. The SMILES string of the molecule is O=C(COC(=O)CN1C(=O)[C@H]2CCCC[C@H]2C1=O)Nc1cc(Cl)ccc1F. The highest BCUT2D eigenvalue weighted by Gasteiger charge is 2.48. The molecule has 1 saturated heterocycles. The number of nitrogens with zero attached hydrogens (tertiary/aromatic N) is 1. The number of fused-ring (bicyclic) bond motifs is 1. The van der Waals surface area contributed by atoms with Gasteiger partial charge >= 0.3 is 5.97 Å². The van der Waals surface area contributed by atoms with Crippen molar-refractivity contribution in [3.63, 3.8) is 0 Å². The molecule has 0 bridgehead atoms. The molecule has 1 aliphatic carbocycles. The van der Waals surface area contributed by atoms with Crippen molar-refractivity contribution in [3.8, 4) is 0 Å². The molecule has 7 nitrogen and oxygen atoms in total. The number of likely N-dealkylation sites (tertiary alicyclic amines) is 1. The molecule has 3 amide bonds. The van der Waals surface area contributed by atoms with Crippen LogP contribution in [0.5, 0.6) is 0 Å². The average Bonchev–Trinajstić information content (AvgIpc) is 2.88. The zero-order chi connectivity index (χ0) is 19.6. The van der Waals surface area contributed by atoms with E-state index in [0.29, 0.717) is 12.8 Å². The van der Waals surface area contributed by atoms with E-state index in [-0.39, 0.29) is 34.4 Å². The van der Waals surface area contributed by atoms with Gasteiger partial charge in [0.15, 0.2) is 6.61 Å². The quantitative estimate of drug-likeness (QED) is 0.608. The fourth-order valence-corrected chi connectivity index (χ4v) is 3.66. The van der Waals surface area contributed by atoms with Crippen molar-refractivity contribution >= 4 is 41.0 Å². The van der Waals surface area contributed by atoms with E-state index in [4.69, 9.17) is 16.3 Å². The molecule has 1 aromatic carbocycles. The normalized spacial score (nSPS) is 21.8. The maximum absolute atomic E-state index is 13.6. The van der Waals surface area contributed by atoms with E-state index in [1.165, 1.54) is 12.1 Å². The number of benzene rings is 1. The summed E-state index contributed by atoms with van der Waals surface area (Å²) in [6, 6.07) is 3.64. The first-order valence-electron chi connectivity index (χ1n) is 8.62. The first-order valence-corrected chi connectivity index (χ1v) is 9.00. The van der Waals surface area contributed by atoms with E-state index in [2.05, 4.69) is 5.32 Å². The molecular formula is C18H18ClFN2O5. The number of carbonyl (C=O) groups is 4. The van der Waals surface area contributed by atoms with Crippen LogP contribution < -0.4 is 5.32 Å². The number of ether oxygens (including phenoxy) is 1. The smallest absolute Gasteiger partial charge is 0.326 e. The van der Waals surface area contributed by atoms with Gasteiger partial charge in [-0.3, -0.25) is 24.1 Å². The van der Waals surface area contributed by atoms with Gasteiger partial charge < -0.3 is 10.1 Å². The fourth-order valence-electron chi connectivity index (χ4n) is 3.49. The summed E-state index contributed by atoms with van der Waals surface area (Å²) in [6.07, 6.45) is 3.07. The van der Waals surface area contributed by atoms with E-state index in [1.807, 2.05) is 0 Å². The lowest BCUT2D eigenvalue weighted by atomic mass is 9.81. The van der Waals surface area contributed by atoms with Gasteiger partial charge in [-0.2, -0.15) is 0 Å². The molecule has 1 saturated carbocycles. The van der Waals surface area contributed by atoms with Gasteiger partial charge in [0.25, 0.3) is 5.91 Å². The molecule has 0 radical (unpaired) electrons. The van der Waals surface area contributed by atoms with Crippen LogP contribution in [-0.4, -0.2) is 41.7 Å². The molecule has 2 aliphatic rings. The van der Waals surface area contributed by atoms with E-state index >= 15 is 0 Å². The second kappa shape index (κ2) is 8.04. The molecule has 144 valence electrons. The third-order valence-corrected chi connectivity index (χ3v) is 5.02. The van der Waals surface area contributed by atoms with Crippen molar-refractivity contribution < 1.29 is 28.3 Å². The van der Waals surface area contributed by atoms with Crippen LogP contribution in [-0.2, 0) is 23.9 Å². The zero-order valence-electron chi connectivity index (χ0n) is 14.4. The Bertz CT molecular complexity index is 776. The third-order valence-electron chi connectivity index (χ3n) is 4.79. The Morgan fingerprint density at radius 3 is 2.44 bits per heavy atom. The summed E-state index contributed by atoms with van der Waals surface area (Å²) in [5, 5.41) is 2.47. The first-order chi connectivity index (χ1) is 12.9. The Hall–Kier alpha value is -2.48.